The van der Waals surface area contributed by atoms with Gasteiger partial charge < -0.3 is 10.1 Å². The molecule has 0 bridgehead atoms. The van der Waals surface area contributed by atoms with Crippen LogP contribution in [0.2, 0.25) is 0 Å². The molecular formula is C13H21NO2S. The Hall–Kier alpha value is -0.870. The average molecular weight is 255 g/mol. The molecule has 0 aromatic carbocycles. The first-order valence-electron chi connectivity index (χ1n) is 6.01. The molecule has 0 unspecified atom stereocenters. The molecule has 3 nitrogen and oxygen atoms in total. The lowest BCUT2D eigenvalue weighted by Gasteiger charge is -2.07. The van der Waals surface area contributed by atoms with Crippen molar-refractivity contribution < 1.29 is 9.53 Å². The monoisotopic (exact) mass is 255 g/mol. The number of hydrogen-bond acceptors (Lipinski definition) is 3. The van der Waals surface area contributed by atoms with Crippen molar-refractivity contribution in [2.75, 3.05) is 19.8 Å². The lowest BCUT2D eigenvalue weighted by Crippen LogP contribution is -2.25. The zero-order valence-electron chi connectivity index (χ0n) is 10.8. The summed E-state index contributed by atoms with van der Waals surface area (Å²) in [6.07, 6.45) is 0.864. The minimum atomic E-state index is 0.0290. The van der Waals surface area contributed by atoms with Crippen molar-refractivity contribution in [2.45, 2.75) is 27.2 Å². The molecule has 4 heteroatoms. The van der Waals surface area contributed by atoms with Gasteiger partial charge in [-0.1, -0.05) is 13.8 Å². The largest absolute Gasteiger partial charge is 0.381 e. The predicted molar refractivity (Wildman–Crippen MR) is 71.7 cm³/mol. The van der Waals surface area contributed by atoms with E-state index in [1.165, 1.54) is 11.3 Å². The molecule has 1 amide bonds. The molecule has 1 aromatic rings. The van der Waals surface area contributed by atoms with Crippen molar-refractivity contribution in [1.82, 2.24) is 5.32 Å². The molecule has 0 saturated heterocycles. The Bertz CT molecular complexity index is 347. The molecule has 0 atom stereocenters. The number of nitrogens with one attached hydrogen (secondary N) is 1. The van der Waals surface area contributed by atoms with Gasteiger partial charge >= 0.3 is 0 Å². The van der Waals surface area contributed by atoms with E-state index in [2.05, 4.69) is 19.2 Å². The summed E-state index contributed by atoms with van der Waals surface area (Å²) in [6, 6.07) is 1.96. The quantitative estimate of drug-likeness (QED) is 0.761. The SMILES string of the molecule is Cc1ccsc1C(=O)NCCCOCC(C)C. The summed E-state index contributed by atoms with van der Waals surface area (Å²) in [5, 5.41) is 4.85. The van der Waals surface area contributed by atoms with Crippen molar-refractivity contribution in [3.05, 3.63) is 21.9 Å². The highest BCUT2D eigenvalue weighted by Crippen LogP contribution is 2.14. The third kappa shape index (κ3) is 5.33. The Balaban J connectivity index is 2.11. The minimum absolute atomic E-state index is 0.0290. The maximum absolute atomic E-state index is 11.7. The molecule has 0 fully saturated rings. The third-order valence-corrected chi connectivity index (χ3v) is 3.29. The van der Waals surface area contributed by atoms with Crippen LogP contribution in [-0.4, -0.2) is 25.7 Å². The number of aryl methyl sites for hydroxylation is 1. The Kier molecular flexibility index (Phi) is 6.22. The molecule has 0 aliphatic heterocycles. The Morgan fingerprint density at radius 1 is 1.53 bits per heavy atom. The van der Waals surface area contributed by atoms with Crippen LogP contribution in [0.3, 0.4) is 0 Å². The standard InChI is InChI=1S/C13H21NO2S/c1-10(2)9-16-7-4-6-14-13(15)12-11(3)5-8-17-12/h5,8,10H,4,6-7,9H2,1-3H3,(H,14,15). The molecular weight excluding hydrogens is 234 g/mol. The first-order chi connectivity index (χ1) is 8.11. The fourth-order valence-corrected chi connectivity index (χ4v) is 2.22. The number of carbonyl (C=O) groups is 1. The molecule has 0 saturated carbocycles. The van der Waals surface area contributed by atoms with Crippen molar-refractivity contribution in [3.8, 4) is 0 Å². The van der Waals surface area contributed by atoms with E-state index in [1.54, 1.807) is 0 Å². The maximum Gasteiger partial charge on any atom is 0.261 e. The minimum Gasteiger partial charge on any atom is -0.381 e. The summed E-state index contributed by atoms with van der Waals surface area (Å²) in [5.74, 6) is 0.597. The topological polar surface area (TPSA) is 38.3 Å². The zero-order chi connectivity index (χ0) is 12.7. The van der Waals surface area contributed by atoms with Crippen molar-refractivity contribution in [2.24, 2.45) is 5.92 Å². The highest BCUT2D eigenvalue weighted by Gasteiger charge is 2.08. The highest BCUT2D eigenvalue weighted by molar-refractivity contribution is 7.12. The van der Waals surface area contributed by atoms with Gasteiger partial charge in [0.05, 0.1) is 4.88 Å². The van der Waals surface area contributed by atoms with Gasteiger partial charge in [-0.15, -0.1) is 11.3 Å². The van der Waals surface area contributed by atoms with E-state index in [1.807, 2.05) is 18.4 Å². The lowest BCUT2D eigenvalue weighted by atomic mass is 10.2. The van der Waals surface area contributed by atoms with Gasteiger partial charge in [0.25, 0.3) is 5.91 Å². The van der Waals surface area contributed by atoms with Crippen LogP contribution in [0.5, 0.6) is 0 Å². The molecule has 1 aromatic heterocycles. The van der Waals surface area contributed by atoms with E-state index in [4.69, 9.17) is 4.74 Å². The van der Waals surface area contributed by atoms with Crippen LogP contribution in [0.15, 0.2) is 11.4 Å². The van der Waals surface area contributed by atoms with Crippen LogP contribution in [0.25, 0.3) is 0 Å². The van der Waals surface area contributed by atoms with Crippen molar-refractivity contribution in [3.63, 3.8) is 0 Å². The third-order valence-electron chi connectivity index (χ3n) is 2.27. The van der Waals surface area contributed by atoms with Gasteiger partial charge in [-0.05, 0) is 36.3 Å². The van der Waals surface area contributed by atoms with Gasteiger partial charge in [0, 0.05) is 19.8 Å². The van der Waals surface area contributed by atoms with Crippen LogP contribution in [0.1, 0.15) is 35.5 Å². The van der Waals surface area contributed by atoms with Crippen LogP contribution in [0.4, 0.5) is 0 Å². The molecule has 1 rings (SSSR count). The summed E-state index contributed by atoms with van der Waals surface area (Å²) in [6.45, 7) is 8.38. The number of ether oxygens (including phenoxy) is 1. The number of carbonyl (C=O) groups excluding carboxylic acids is 1. The Morgan fingerprint density at radius 2 is 2.29 bits per heavy atom. The van der Waals surface area contributed by atoms with E-state index in [0.29, 0.717) is 19.1 Å². The normalized spacial score (nSPS) is 10.8. The summed E-state index contributed by atoms with van der Waals surface area (Å²) < 4.78 is 5.44. The molecule has 1 heterocycles. The van der Waals surface area contributed by atoms with Gasteiger partial charge in [0.2, 0.25) is 0 Å². The van der Waals surface area contributed by atoms with Crippen LogP contribution in [0, 0.1) is 12.8 Å². The molecule has 0 spiro atoms. The second-order valence-electron chi connectivity index (χ2n) is 4.51. The summed E-state index contributed by atoms with van der Waals surface area (Å²) in [5.41, 5.74) is 1.04. The molecule has 0 aliphatic carbocycles. The number of amides is 1. The van der Waals surface area contributed by atoms with Gasteiger partial charge in [-0.25, -0.2) is 0 Å². The molecule has 0 radical (unpaired) electrons. The maximum atomic E-state index is 11.7. The van der Waals surface area contributed by atoms with Crippen LogP contribution >= 0.6 is 11.3 Å². The van der Waals surface area contributed by atoms with Crippen molar-refractivity contribution in [1.29, 1.82) is 0 Å². The molecule has 17 heavy (non-hydrogen) atoms. The molecule has 1 N–H and O–H groups in total. The van der Waals surface area contributed by atoms with Crippen LogP contribution < -0.4 is 5.32 Å². The molecule has 96 valence electrons. The lowest BCUT2D eigenvalue weighted by molar-refractivity contribution is 0.0928. The van der Waals surface area contributed by atoms with Gasteiger partial charge in [-0.3, -0.25) is 4.79 Å². The highest BCUT2D eigenvalue weighted by atomic mass is 32.1. The molecule has 0 aliphatic rings. The number of thiophene rings is 1. The fraction of sp³-hybridized carbons (Fsp3) is 0.615. The van der Waals surface area contributed by atoms with E-state index >= 15 is 0 Å². The van der Waals surface area contributed by atoms with Gasteiger partial charge in [0.1, 0.15) is 0 Å². The van der Waals surface area contributed by atoms with E-state index in [9.17, 15) is 4.79 Å². The van der Waals surface area contributed by atoms with E-state index < -0.39 is 0 Å². The van der Waals surface area contributed by atoms with Crippen molar-refractivity contribution >= 4 is 17.2 Å². The second-order valence-corrected chi connectivity index (χ2v) is 5.43. The summed E-state index contributed by atoms with van der Waals surface area (Å²) in [4.78, 5) is 12.5. The fourth-order valence-electron chi connectivity index (χ4n) is 1.38. The number of hydrogen-bond donors (Lipinski definition) is 1. The van der Waals surface area contributed by atoms with Gasteiger partial charge in [-0.2, -0.15) is 0 Å². The predicted octanol–water partition coefficient (Wildman–Crippen LogP) is 2.85. The van der Waals surface area contributed by atoms with Gasteiger partial charge in [0.15, 0.2) is 0 Å². The Labute approximate surface area is 107 Å². The summed E-state index contributed by atoms with van der Waals surface area (Å²) >= 11 is 1.49. The van der Waals surface area contributed by atoms with E-state index in [-0.39, 0.29) is 5.91 Å². The smallest absolute Gasteiger partial charge is 0.261 e. The van der Waals surface area contributed by atoms with Crippen LogP contribution in [-0.2, 0) is 4.74 Å². The Morgan fingerprint density at radius 3 is 2.88 bits per heavy atom. The summed E-state index contributed by atoms with van der Waals surface area (Å²) in [7, 11) is 0. The first-order valence-corrected chi connectivity index (χ1v) is 6.89. The first kappa shape index (κ1) is 14.2. The zero-order valence-corrected chi connectivity index (χ0v) is 11.6. The number of rotatable bonds is 7. The second kappa shape index (κ2) is 7.45. The van der Waals surface area contributed by atoms with E-state index in [0.717, 1.165) is 23.5 Å². The average Bonchev–Trinajstić information content (AvgIpc) is 2.69.